The van der Waals surface area contributed by atoms with Crippen LogP contribution in [-0.4, -0.2) is 25.8 Å². The van der Waals surface area contributed by atoms with Crippen LogP contribution >= 0.6 is 0 Å². The Hall–Kier alpha value is -2.69. The second-order valence-electron chi connectivity index (χ2n) is 5.08. The van der Waals surface area contributed by atoms with Gasteiger partial charge in [-0.15, -0.1) is 0 Å². The maximum atomic E-state index is 11.3. The third kappa shape index (κ3) is 2.63. The summed E-state index contributed by atoms with van der Waals surface area (Å²) in [7, 11) is 1.84. The van der Waals surface area contributed by atoms with Crippen molar-refractivity contribution in [1.82, 2.24) is 19.6 Å². The van der Waals surface area contributed by atoms with Crippen LogP contribution in [0.15, 0.2) is 42.9 Å². The van der Waals surface area contributed by atoms with Gasteiger partial charge in [0.15, 0.2) is 6.29 Å². The van der Waals surface area contributed by atoms with Gasteiger partial charge in [0, 0.05) is 25.0 Å². The minimum absolute atomic E-state index is 0.580. The molecule has 2 heterocycles. The van der Waals surface area contributed by atoms with Gasteiger partial charge in [-0.25, -0.2) is 0 Å². The summed E-state index contributed by atoms with van der Waals surface area (Å²) in [6.07, 6.45) is 6.19. The predicted octanol–water partition coefficient (Wildman–Crippen LogP) is 2.45. The largest absolute Gasteiger partial charge is 0.298 e. The Kier molecular flexibility index (Phi) is 3.39. The highest BCUT2D eigenvalue weighted by atomic mass is 16.1. The molecule has 0 radical (unpaired) electrons. The van der Waals surface area contributed by atoms with Crippen molar-refractivity contribution in [2.75, 3.05) is 0 Å². The second kappa shape index (κ2) is 5.36. The summed E-state index contributed by atoms with van der Waals surface area (Å²) >= 11 is 0. The first kappa shape index (κ1) is 13.3. The molecule has 106 valence electrons. The van der Waals surface area contributed by atoms with E-state index in [2.05, 4.69) is 29.3 Å². The molecular formula is C16H16N4O. The lowest BCUT2D eigenvalue weighted by Crippen LogP contribution is -2.02. The van der Waals surface area contributed by atoms with Crippen molar-refractivity contribution in [3.05, 3.63) is 59.5 Å². The Morgan fingerprint density at radius 3 is 2.71 bits per heavy atom. The molecule has 0 spiro atoms. The fourth-order valence-electron chi connectivity index (χ4n) is 2.33. The van der Waals surface area contributed by atoms with E-state index < -0.39 is 0 Å². The SMILES string of the molecule is Cc1ccccc1Cn1cc(C=O)c(-c2cnn(C)c2)n1. The number of nitrogens with zero attached hydrogens (tertiary/aromatic N) is 4. The number of carbonyl (C=O) groups excluding carboxylic acids is 1. The molecule has 0 aliphatic heterocycles. The molecule has 0 amide bonds. The van der Waals surface area contributed by atoms with Gasteiger partial charge in [-0.1, -0.05) is 24.3 Å². The number of benzene rings is 1. The van der Waals surface area contributed by atoms with Crippen LogP contribution in [0.2, 0.25) is 0 Å². The molecule has 0 saturated heterocycles. The Balaban J connectivity index is 1.96. The van der Waals surface area contributed by atoms with Gasteiger partial charge in [-0.3, -0.25) is 14.2 Å². The summed E-state index contributed by atoms with van der Waals surface area (Å²) in [6, 6.07) is 8.16. The number of rotatable bonds is 4. The van der Waals surface area contributed by atoms with Crippen molar-refractivity contribution in [3.63, 3.8) is 0 Å². The van der Waals surface area contributed by atoms with Crippen molar-refractivity contribution in [3.8, 4) is 11.3 Å². The van der Waals surface area contributed by atoms with Gasteiger partial charge < -0.3 is 0 Å². The molecular weight excluding hydrogens is 264 g/mol. The first-order valence-corrected chi connectivity index (χ1v) is 6.73. The molecule has 0 N–H and O–H groups in total. The normalized spacial score (nSPS) is 10.8. The van der Waals surface area contributed by atoms with Gasteiger partial charge >= 0.3 is 0 Å². The Labute approximate surface area is 122 Å². The minimum atomic E-state index is 0.580. The number of aryl methyl sites for hydroxylation is 2. The van der Waals surface area contributed by atoms with Gasteiger partial charge in [0.2, 0.25) is 0 Å². The smallest absolute Gasteiger partial charge is 0.153 e. The standard InChI is InChI=1S/C16H16N4O/c1-12-5-3-4-6-13(12)9-20-10-15(11-21)16(18-20)14-7-17-19(2)8-14/h3-8,10-11H,9H2,1-2H3. The van der Waals surface area contributed by atoms with Crippen LogP contribution in [0.3, 0.4) is 0 Å². The van der Waals surface area contributed by atoms with E-state index in [9.17, 15) is 4.79 Å². The van der Waals surface area contributed by atoms with E-state index in [0.717, 1.165) is 11.8 Å². The zero-order chi connectivity index (χ0) is 14.8. The van der Waals surface area contributed by atoms with Crippen molar-refractivity contribution < 1.29 is 4.79 Å². The molecule has 1 aromatic carbocycles. The monoisotopic (exact) mass is 280 g/mol. The minimum Gasteiger partial charge on any atom is -0.298 e. The summed E-state index contributed by atoms with van der Waals surface area (Å²) in [5, 5.41) is 8.66. The summed E-state index contributed by atoms with van der Waals surface area (Å²) in [4.78, 5) is 11.3. The number of aldehydes is 1. The van der Waals surface area contributed by atoms with Gasteiger partial charge in [0.25, 0.3) is 0 Å². The van der Waals surface area contributed by atoms with Crippen molar-refractivity contribution >= 4 is 6.29 Å². The van der Waals surface area contributed by atoms with Crippen LogP contribution in [-0.2, 0) is 13.6 Å². The molecule has 0 aliphatic rings. The summed E-state index contributed by atoms with van der Waals surface area (Å²) < 4.78 is 3.50. The lowest BCUT2D eigenvalue weighted by molar-refractivity contribution is 0.112. The molecule has 3 rings (SSSR count). The summed E-state index contributed by atoms with van der Waals surface area (Å²) in [6.45, 7) is 2.72. The Bertz CT molecular complexity index is 785. The molecule has 0 saturated carbocycles. The Morgan fingerprint density at radius 2 is 2.05 bits per heavy atom. The fourth-order valence-corrected chi connectivity index (χ4v) is 2.33. The van der Waals surface area contributed by atoms with E-state index >= 15 is 0 Å². The van der Waals surface area contributed by atoms with Crippen molar-refractivity contribution in [1.29, 1.82) is 0 Å². The zero-order valence-electron chi connectivity index (χ0n) is 12.0. The third-order valence-electron chi connectivity index (χ3n) is 3.49. The molecule has 0 aliphatic carbocycles. The van der Waals surface area contributed by atoms with Crippen LogP contribution in [0.25, 0.3) is 11.3 Å². The highest BCUT2D eigenvalue weighted by molar-refractivity contribution is 5.85. The highest BCUT2D eigenvalue weighted by Crippen LogP contribution is 2.21. The third-order valence-corrected chi connectivity index (χ3v) is 3.49. The van der Waals surface area contributed by atoms with Crippen molar-refractivity contribution in [2.45, 2.75) is 13.5 Å². The van der Waals surface area contributed by atoms with E-state index in [1.807, 2.05) is 25.4 Å². The number of hydrogen-bond donors (Lipinski definition) is 0. The molecule has 3 aromatic rings. The lowest BCUT2D eigenvalue weighted by Gasteiger charge is -2.05. The quantitative estimate of drug-likeness (QED) is 0.690. The van der Waals surface area contributed by atoms with E-state index in [0.29, 0.717) is 17.8 Å². The van der Waals surface area contributed by atoms with Gasteiger partial charge in [0.1, 0.15) is 5.69 Å². The molecule has 5 nitrogen and oxygen atoms in total. The highest BCUT2D eigenvalue weighted by Gasteiger charge is 2.12. The first-order valence-electron chi connectivity index (χ1n) is 6.73. The number of carbonyl (C=O) groups is 1. The van der Waals surface area contributed by atoms with E-state index in [1.54, 1.807) is 21.8 Å². The van der Waals surface area contributed by atoms with Gasteiger partial charge in [0.05, 0.1) is 18.3 Å². The van der Waals surface area contributed by atoms with E-state index in [4.69, 9.17) is 0 Å². The molecule has 5 heteroatoms. The first-order chi connectivity index (χ1) is 10.2. The van der Waals surface area contributed by atoms with E-state index in [1.165, 1.54) is 11.1 Å². The fraction of sp³-hybridized carbons (Fsp3) is 0.188. The average molecular weight is 280 g/mol. The van der Waals surface area contributed by atoms with Gasteiger partial charge in [-0.05, 0) is 18.1 Å². The van der Waals surface area contributed by atoms with Crippen LogP contribution in [0.4, 0.5) is 0 Å². The van der Waals surface area contributed by atoms with Crippen LogP contribution in [0, 0.1) is 6.92 Å². The lowest BCUT2D eigenvalue weighted by atomic mass is 10.1. The predicted molar refractivity (Wildman–Crippen MR) is 80.1 cm³/mol. The molecule has 0 fully saturated rings. The molecule has 21 heavy (non-hydrogen) atoms. The summed E-state index contributed by atoms with van der Waals surface area (Å²) in [5.41, 5.74) is 4.50. The molecule has 0 bridgehead atoms. The maximum absolute atomic E-state index is 11.3. The zero-order valence-corrected chi connectivity index (χ0v) is 12.0. The van der Waals surface area contributed by atoms with Gasteiger partial charge in [-0.2, -0.15) is 10.2 Å². The topological polar surface area (TPSA) is 52.7 Å². The van der Waals surface area contributed by atoms with Crippen LogP contribution in [0.1, 0.15) is 21.5 Å². The van der Waals surface area contributed by atoms with E-state index in [-0.39, 0.29) is 0 Å². The second-order valence-corrected chi connectivity index (χ2v) is 5.08. The van der Waals surface area contributed by atoms with Crippen LogP contribution < -0.4 is 0 Å². The molecule has 0 atom stereocenters. The van der Waals surface area contributed by atoms with Crippen molar-refractivity contribution in [2.24, 2.45) is 7.05 Å². The summed E-state index contributed by atoms with van der Waals surface area (Å²) in [5.74, 6) is 0. The van der Waals surface area contributed by atoms with Crippen LogP contribution in [0.5, 0.6) is 0 Å². The number of hydrogen-bond acceptors (Lipinski definition) is 3. The molecule has 2 aromatic heterocycles. The molecule has 0 unspecified atom stereocenters. The average Bonchev–Trinajstić information content (AvgIpc) is 3.07. The number of aromatic nitrogens is 4. The maximum Gasteiger partial charge on any atom is 0.153 e. The Morgan fingerprint density at radius 1 is 1.24 bits per heavy atom.